The molecule has 1 saturated heterocycles. The number of nitrogens with zero attached hydrogens (tertiary/aromatic N) is 5. The van der Waals surface area contributed by atoms with E-state index in [1.54, 1.807) is 23.2 Å². The van der Waals surface area contributed by atoms with E-state index in [0.29, 0.717) is 58.8 Å². The van der Waals surface area contributed by atoms with Crippen molar-refractivity contribution in [2.45, 2.75) is 26.3 Å². The van der Waals surface area contributed by atoms with Crippen LogP contribution in [0.5, 0.6) is 0 Å². The van der Waals surface area contributed by atoms with Crippen molar-refractivity contribution in [1.82, 2.24) is 30.2 Å². The number of amides is 2. The molecule has 208 valence electrons. The molecular weight excluding hydrogens is 591 g/mol. The maximum Gasteiger partial charge on any atom is 0.254 e. The number of aromatic nitrogens is 4. The lowest BCUT2D eigenvalue weighted by atomic mass is 9.95. The molecule has 9 nitrogen and oxygen atoms in total. The van der Waals surface area contributed by atoms with Crippen LogP contribution in [-0.4, -0.2) is 49.8 Å². The smallest absolute Gasteiger partial charge is 0.254 e. The van der Waals surface area contributed by atoms with Gasteiger partial charge >= 0.3 is 0 Å². The highest BCUT2D eigenvalue weighted by molar-refractivity contribution is 9.10. The highest BCUT2D eigenvalue weighted by atomic mass is 79.9. The first-order chi connectivity index (χ1) is 19.9. The van der Waals surface area contributed by atoms with Crippen LogP contribution in [0.1, 0.15) is 34.7 Å². The van der Waals surface area contributed by atoms with Crippen molar-refractivity contribution in [3.8, 4) is 17.1 Å². The van der Waals surface area contributed by atoms with E-state index in [4.69, 9.17) is 9.40 Å². The van der Waals surface area contributed by atoms with E-state index < -0.39 is 0 Å². The summed E-state index contributed by atoms with van der Waals surface area (Å²) in [5, 5.41) is 11.9. The van der Waals surface area contributed by atoms with Crippen LogP contribution >= 0.6 is 15.9 Å². The van der Waals surface area contributed by atoms with Crippen LogP contribution < -0.4 is 5.32 Å². The van der Waals surface area contributed by atoms with Crippen LogP contribution in [0.15, 0.2) is 75.8 Å². The van der Waals surface area contributed by atoms with Gasteiger partial charge in [0.15, 0.2) is 5.76 Å². The second kappa shape index (κ2) is 11.2. The van der Waals surface area contributed by atoms with E-state index in [1.807, 2.05) is 43.3 Å². The van der Waals surface area contributed by atoms with Gasteiger partial charge in [-0.15, -0.1) is 5.10 Å². The largest absolute Gasteiger partial charge is 0.460 e. The maximum absolute atomic E-state index is 13.7. The standard InChI is InChI=1S/C30H26BrFN6O3/c1-18-6-9-28(41-18)26-15-23(22-4-2-3-5-25(22)34-26)30(40)37-12-10-19(11-13-37)29(39)33-16-21-17-38(36-35-21)27-8-7-20(32)14-24(27)31/h2-9,14-15,17,19H,10-13,16H2,1H3,(H,33,39). The zero-order valence-corrected chi connectivity index (χ0v) is 23.8. The van der Waals surface area contributed by atoms with Crippen LogP contribution in [-0.2, 0) is 11.3 Å². The summed E-state index contributed by atoms with van der Waals surface area (Å²) in [6, 6.07) is 17.4. The molecule has 1 fully saturated rings. The molecule has 1 aliphatic heterocycles. The summed E-state index contributed by atoms with van der Waals surface area (Å²) in [6.45, 7) is 3.03. The minimum absolute atomic E-state index is 0.0838. The van der Waals surface area contributed by atoms with Gasteiger partial charge in [0.25, 0.3) is 5.91 Å². The number of rotatable bonds is 6. The fourth-order valence-electron chi connectivity index (χ4n) is 5.05. The molecule has 6 rings (SSSR count). The third-order valence-corrected chi connectivity index (χ3v) is 7.87. The monoisotopic (exact) mass is 616 g/mol. The number of carbonyl (C=O) groups excluding carboxylic acids is 2. The van der Waals surface area contributed by atoms with Gasteiger partial charge in [0, 0.05) is 28.9 Å². The Kier molecular flexibility index (Phi) is 7.36. The summed E-state index contributed by atoms with van der Waals surface area (Å²) in [7, 11) is 0. The third kappa shape index (κ3) is 5.62. The first-order valence-corrected chi connectivity index (χ1v) is 14.1. The van der Waals surface area contributed by atoms with Gasteiger partial charge in [-0.3, -0.25) is 9.59 Å². The lowest BCUT2D eigenvalue weighted by Crippen LogP contribution is -2.43. The number of halogens is 2. The molecule has 3 aromatic heterocycles. The van der Waals surface area contributed by atoms with E-state index in [-0.39, 0.29) is 30.1 Å². The predicted octanol–water partition coefficient (Wildman–Crippen LogP) is 5.45. The molecule has 0 atom stereocenters. The van der Waals surface area contributed by atoms with Gasteiger partial charge < -0.3 is 14.6 Å². The van der Waals surface area contributed by atoms with E-state index in [0.717, 1.165) is 16.7 Å². The normalized spacial score (nSPS) is 14.0. The second-order valence-corrected chi connectivity index (χ2v) is 10.9. The molecule has 41 heavy (non-hydrogen) atoms. The Labute approximate surface area is 243 Å². The number of aryl methyl sites for hydroxylation is 1. The summed E-state index contributed by atoms with van der Waals surface area (Å²) in [5.74, 6) is 0.645. The lowest BCUT2D eigenvalue weighted by Gasteiger charge is -2.31. The van der Waals surface area contributed by atoms with E-state index in [2.05, 4.69) is 31.6 Å². The summed E-state index contributed by atoms with van der Waals surface area (Å²) >= 11 is 3.33. The van der Waals surface area contributed by atoms with Gasteiger partial charge in [-0.05, 0) is 78.2 Å². The Bertz CT molecular complexity index is 1760. The number of fused-ring (bicyclic) bond motifs is 1. The molecule has 2 aromatic carbocycles. The number of pyridine rings is 1. The van der Waals surface area contributed by atoms with E-state index in [1.165, 1.54) is 16.8 Å². The number of furan rings is 1. The van der Waals surface area contributed by atoms with Crippen molar-refractivity contribution in [2.24, 2.45) is 5.92 Å². The molecular formula is C30H26BrFN6O3. The van der Waals surface area contributed by atoms with E-state index >= 15 is 0 Å². The van der Waals surface area contributed by atoms with Crippen LogP contribution in [0, 0.1) is 18.7 Å². The maximum atomic E-state index is 13.7. The Morgan fingerprint density at radius 3 is 2.66 bits per heavy atom. The molecule has 11 heteroatoms. The summed E-state index contributed by atoms with van der Waals surface area (Å²) in [6.07, 6.45) is 2.80. The molecule has 0 unspecified atom stereocenters. The summed E-state index contributed by atoms with van der Waals surface area (Å²) < 4.78 is 21.2. The van der Waals surface area contributed by atoms with Crippen molar-refractivity contribution in [1.29, 1.82) is 0 Å². The zero-order chi connectivity index (χ0) is 28.5. The fraction of sp³-hybridized carbons (Fsp3) is 0.233. The number of piperidine rings is 1. The fourth-order valence-corrected chi connectivity index (χ4v) is 5.58. The number of carbonyl (C=O) groups is 2. The van der Waals surface area contributed by atoms with Gasteiger partial charge in [0.1, 0.15) is 23.0 Å². The van der Waals surface area contributed by atoms with Crippen LogP contribution in [0.2, 0.25) is 0 Å². The minimum atomic E-state index is -0.358. The molecule has 1 aliphatic rings. The van der Waals surface area contributed by atoms with Crippen molar-refractivity contribution in [3.05, 3.63) is 94.2 Å². The highest BCUT2D eigenvalue weighted by Crippen LogP contribution is 2.28. The number of hydrogen-bond acceptors (Lipinski definition) is 6. The number of nitrogens with one attached hydrogen (secondary N) is 1. The average molecular weight is 617 g/mol. The Morgan fingerprint density at radius 2 is 1.90 bits per heavy atom. The SMILES string of the molecule is Cc1ccc(-c2cc(C(=O)N3CCC(C(=O)NCc4cn(-c5ccc(F)cc5Br)nn4)CC3)c3ccccc3n2)o1. The zero-order valence-electron chi connectivity index (χ0n) is 22.2. The van der Waals surface area contributed by atoms with Crippen molar-refractivity contribution in [2.75, 3.05) is 13.1 Å². The van der Waals surface area contributed by atoms with Crippen LogP contribution in [0.3, 0.4) is 0 Å². The van der Waals surface area contributed by atoms with Gasteiger partial charge in [0.05, 0.1) is 29.5 Å². The Hall–Kier alpha value is -4.38. The first-order valence-electron chi connectivity index (χ1n) is 13.3. The first kappa shape index (κ1) is 26.8. The van der Waals surface area contributed by atoms with Gasteiger partial charge in [-0.1, -0.05) is 23.4 Å². The van der Waals surface area contributed by atoms with Crippen LogP contribution in [0.25, 0.3) is 28.0 Å². The van der Waals surface area contributed by atoms with Gasteiger partial charge in [-0.25, -0.2) is 14.1 Å². The molecule has 0 spiro atoms. The molecule has 0 aliphatic carbocycles. The van der Waals surface area contributed by atoms with Gasteiger partial charge in [0.2, 0.25) is 5.91 Å². The second-order valence-electron chi connectivity index (χ2n) is 10.0. The van der Waals surface area contributed by atoms with Crippen LogP contribution in [0.4, 0.5) is 4.39 Å². The average Bonchev–Trinajstić information content (AvgIpc) is 3.64. The van der Waals surface area contributed by atoms with Crippen molar-refractivity contribution < 1.29 is 18.4 Å². The number of hydrogen-bond donors (Lipinski definition) is 1. The number of benzene rings is 2. The minimum Gasteiger partial charge on any atom is -0.460 e. The van der Waals surface area contributed by atoms with Crippen molar-refractivity contribution in [3.63, 3.8) is 0 Å². The van der Waals surface area contributed by atoms with Crippen molar-refractivity contribution >= 4 is 38.6 Å². The summed E-state index contributed by atoms with van der Waals surface area (Å²) in [5.41, 5.74) is 3.12. The Balaban J connectivity index is 1.09. The highest BCUT2D eigenvalue weighted by Gasteiger charge is 2.29. The topological polar surface area (TPSA) is 106 Å². The molecule has 0 radical (unpaired) electrons. The molecule has 2 amide bonds. The van der Waals surface area contributed by atoms with Gasteiger partial charge in [-0.2, -0.15) is 0 Å². The molecule has 4 heterocycles. The quantitative estimate of drug-likeness (QED) is 0.272. The molecule has 0 bridgehead atoms. The number of para-hydroxylation sites is 1. The molecule has 1 N–H and O–H groups in total. The molecule has 5 aromatic rings. The Morgan fingerprint density at radius 1 is 1.10 bits per heavy atom. The number of likely N-dealkylation sites (tertiary alicyclic amines) is 1. The van der Waals surface area contributed by atoms with E-state index in [9.17, 15) is 14.0 Å². The lowest BCUT2D eigenvalue weighted by molar-refractivity contribution is -0.126. The third-order valence-electron chi connectivity index (χ3n) is 7.23. The summed E-state index contributed by atoms with van der Waals surface area (Å²) in [4.78, 5) is 33.1. The molecule has 0 saturated carbocycles. The predicted molar refractivity (Wildman–Crippen MR) is 154 cm³/mol.